The van der Waals surface area contributed by atoms with Crippen LogP contribution in [0.3, 0.4) is 0 Å². The van der Waals surface area contributed by atoms with Crippen molar-refractivity contribution in [1.82, 2.24) is 20.0 Å². The second-order valence-electron chi connectivity index (χ2n) is 7.59. The number of likely N-dealkylation sites (tertiary alicyclic amines) is 1. The Bertz CT molecular complexity index is 970. The molecule has 1 aliphatic rings. The monoisotopic (exact) mass is 432 g/mol. The fourth-order valence-corrected chi connectivity index (χ4v) is 3.58. The van der Waals surface area contributed by atoms with Gasteiger partial charge in [0.2, 0.25) is 5.89 Å². The van der Waals surface area contributed by atoms with Crippen molar-refractivity contribution < 1.29 is 22.4 Å². The second kappa shape index (κ2) is 9.57. The Morgan fingerprint density at radius 1 is 1.10 bits per heavy atom. The van der Waals surface area contributed by atoms with Crippen molar-refractivity contribution in [2.24, 2.45) is 0 Å². The Labute approximate surface area is 178 Å². The molecule has 0 amide bonds. The topological polar surface area (TPSA) is 64.3 Å². The van der Waals surface area contributed by atoms with Crippen molar-refractivity contribution in [2.45, 2.75) is 44.7 Å². The number of hydrogen-bond donors (Lipinski definition) is 0. The van der Waals surface area contributed by atoms with Crippen LogP contribution in [0.5, 0.6) is 0 Å². The van der Waals surface area contributed by atoms with Gasteiger partial charge in [0, 0.05) is 25.7 Å². The molecule has 0 bridgehead atoms. The summed E-state index contributed by atoms with van der Waals surface area (Å²) in [6.45, 7) is 2.72. The fourth-order valence-electron chi connectivity index (χ4n) is 3.58. The van der Waals surface area contributed by atoms with E-state index in [0.29, 0.717) is 30.4 Å². The molecular formula is C22H23F3N4O2. The summed E-state index contributed by atoms with van der Waals surface area (Å²) in [4.78, 5) is 10.8. The number of alkyl halides is 3. The molecule has 0 radical (unpaired) electrons. The molecule has 2 aromatic heterocycles. The number of halogens is 3. The predicted molar refractivity (Wildman–Crippen MR) is 106 cm³/mol. The minimum Gasteiger partial charge on any atom is -0.372 e. The number of pyridine rings is 1. The molecule has 9 heteroatoms. The molecule has 164 valence electrons. The lowest BCUT2D eigenvalue weighted by molar-refractivity contribution is -0.137. The lowest BCUT2D eigenvalue weighted by Crippen LogP contribution is -2.36. The zero-order valence-electron chi connectivity index (χ0n) is 16.9. The first-order valence-corrected chi connectivity index (χ1v) is 10.2. The molecule has 1 aliphatic heterocycles. The molecule has 6 nitrogen and oxygen atoms in total. The van der Waals surface area contributed by atoms with Crippen LogP contribution < -0.4 is 0 Å². The number of benzene rings is 1. The van der Waals surface area contributed by atoms with E-state index in [2.05, 4.69) is 20.0 Å². The number of aromatic nitrogens is 3. The zero-order valence-corrected chi connectivity index (χ0v) is 16.9. The van der Waals surface area contributed by atoms with Crippen molar-refractivity contribution in [3.8, 4) is 0 Å². The smallest absolute Gasteiger partial charge is 0.372 e. The van der Waals surface area contributed by atoms with Crippen LogP contribution in [0.1, 0.15) is 41.4 Å². The van der Waals surface area contributed by atoms with E-state index in [1.807, 2.05) is 18.2 Å². The molecule has 0 unspecified atom stereocenters. The highest BCUT2D eigenvalue weighted by Crippen LogP contribution is 2.29. The number of nitrogens with zero attached hydrogens (tertiary/aromatic N) is 4. The second-order valence-corrected chi connectivity index (χ2v) is 7.59. The molecule has 3 aromatic rings. The van der Waals surface area contributed by atoms with Crippen LogP contribution in [0.15, 0.2) is 53.2 Å². The molecule has 0 saturated carbocycles. The van der Waals surface area contributed by atoms with Gasteiger partial charge in [-0.2, -0.15) is 18.2 Å². The van der Waals surface area contributed by atoms with Gasteiger partial charge >= 0.3 is 6.18 Å². The maximum atomic E-state index is 12.9. The quantitative estimate of drug-likeness (QED) is 0.556. The maximum absolute atomic E-state index is 12.9. The molecule has 0 atom stereocenters. The van der Waals surface area contributed by atoms with Crippen LogP contribution in [-0.2, 0) is 30.5 Å². The van der Waals surface area contributed by atoms with Crippen LogP contribution >= 0.6 is 0 Å². The van der Waals surface area contributed by atoms with Crippen molar-refractivity contribution in [1.29, 1.82) is 0 Å². The van der Waals surface area contributed by atoms with E-state index in [0.717, 1.165) is 43.8 Å². The third-order valence-electron chi connectivity index (χ3n) is 5.21. The van der Waals surface area contributed by atoms with Crippen LogP contribution in [0.25, 0.3) is 0 Å². The Morgan fingerprint density at radius 2 is 1.94 bits per heavy atom. The van der Waals surface area contributed by atoms with Crippen molar-refractivity contribution in [3.05, 3.63) is 77.2 Å². The summed E-state index contributed by atoms with van der Waals surface area (Å²) >= 11 is 0. The summed E-state index contributed by atoms with van der Waals surface area (Å²) in [5.41, 5.74) is 0.735. The van der Waals surface area contributed by atoms with E-state index in [4.69, 9.17) is 9.26 Å². The minimum atomic E-state index is -4.37. The van der Waals surface area contributed by atoms with E-state index in [1.165, 1.54) is 6.07 Å². The SMILES string of the molecule is FC(F)(F)c1cccc(Cc2noc(CN3CCC(OCc4ccccn4)CC3)n2)c1. The van der Waals surface area contributed by atoms with Crippen LogP contribution in [-0.4, -0.2) is 39.2 Å². The van der Waals surface area contributed by atoms with Crippen molar-refractivity contribution >= 4 is 0 Å². The van der Waals surface area contributed by atoms with Gasteiger partial charge in [-0.25, -0.2) is 0 Å². The van der Waals surface area contributed by atoms with Gasteiger partial charge in [-0.3, -0.25) is 9.88 Å². The van der Waals surface area contributed by atoms with Gasteiger partial charge in [0.05, 0.1) is 30.5 Å². The van der Waals surface area contributed by atoms with Crippen LogP contribution in [0.4, 0.5) is 13.2 Å². The first-order chi connectivity index (χ1) is 15.0. The van der Waals surface area contributed by atoms with Crippen molar-refractivity contribution in [3.63, 3.8) is 0 Å². The summed E-state index contributed by atoms with van der Waals surface area (Å²) in [7, 11) is 0. The lowest BCUT2D eigenvalue weighted by Gasteiger charge is -2.30. The van der Waals surface area contributed by atoms with Gasteiger partial charge in [0.1, 0.15) is 0 Å². The third kappa shape index (κ3) is 6.11. The first-order valence-electron chi connectivity index (χ1n) is 10.2. The molecule has 1 aromatic carbocycles. The summed E-state index contributed by atoms with van der Waals surface area (Å²) in [5, 5.41) is 3.92. The van der Waals surface area contributed by atoms with E-state index in [9.17, 15) is 13.2 Å². The highest BCUT2D eigenvalue weighted by molar-refractivity contribution is 5.27. The first kappa shape index (κ1) is 21.5. The summed E-state index contributed by atoms with van der Waals surface area (Å²) in [5.74, 6) is 0.845. The van der Waals surface area contributed by atoms with E-state index in [-0.39, 0.29) is 12.5 Å². The average Bonchev–Trinajstić information content (AvgIpc) is 3.20. The van der Waals surface area contributed by atoms with Gasteiger partial charge in [-0.05, 0) is 36.6 Å². The molecule has 3 heterocycles. The molecule has 1 saturated heterocycles. The summed E-state index contributed by atoms with van der Waals surface area (Å²) < 4.78 is 49.9. The molecule has 0 N–H and O–H groups in total. The number of hydrogen-bond acceptors (Lipinski definition) is 6. The van der Waals surface area contributed by atoms with Gasteiger partial charge in [-0.15, -0.1) is 0 Å². The Morgan fingerprint density at radius 3 is 2.68 bits per heavy atom. The Kier molecular flexibility index (Phi) is 6.62. The van der Waals surface area contributed by atoms with Crippen LogP contribution in [0.2, 0.25) is 0 Å². The molecular weight excluding hydrogens is 409 g/mol. The molecule has 1 fully saturated rings. The van der Waals surface area contributed by atoms with Gasteiger partial charge in [0.25, 0.3) is 0 Å². The Balaban J connectivity index is 1.24. The number of ether oxygens (including phenoxy) is 1. The highest BCUT2D eigenvalue weighted by atomic mass is 19.4. The number of piperidine rings is 1. The summed E-state index contributed by atoms with van der Waals surface area (Å²) in [6.07, 6.45) is -0.427. The Hall–Kier alpha value is -2.78. The highest BCUT2D eigenvalue weighted by Gasteiger charge is 2.30. The normalized spacial score (nSPS) is 16.0. The zero-order chi connectivity index (χ0) is 21.7. The molecule has 31 heavy (non-hydrogen) atoms. The largest absolute Gasteiger partial charge is 0.416 e. The van der Waals surface area contributed by atoms with Gasteiger partial charge in [0.15, 0.2) is 5.82 Å². The molecule has 0 spiro atoms. The standard InChI is InChI=1S/C22H23F3N4O2/c23-22(24,25)17-5-3-4-16(12-17)13-20-27-21(31-28-20)14-29-10-7-19(8-11-29)30-15-18-6-1-2-9-26-18/h1-6,9,12,19H,7-8,10-11,13-15H2. The van der Waals surface area contributed by atoms with Crippen molar-refractivity contribution in [2.75, 3.05) is 13.1 Å². The third-order valence-corrected chi connectivity index (χ3v) is 5.21. The van der Waals surface area contributed by atoms with Gasteiger partial charge < -0.3 is 9.26 Å². The molecule has 4 rings (SSSR count). The van der Waals surface area contributed by atoms with E-state index < -0.39 is 11.7 Å². The lowest BCUT2D eigenvalue weighted by atomic mass is 10.1. The number of rotatable bonds is 7. The van der Waals surface area contributed by atoms with E-state index in [1.54, 1.807) is 12.3 Å². The average molecular weight is 432 g/mol. The maximum Gasteiger partial charge on any atom is 0.416 e. The van der Waals surface area contributed by atoms with Crippen LogP contribution in [0, 0.1) is 0 Å². The fraction of sp³-hybridized carbons (Fsp3) is 0.409. The molecule has 0 aliphatic carbocycles. The predicted octanol–water partition coefficient (Wildman–Crippen LogP) is 4.26. The minimum absolute atomic E-state index is 0.191. The summed E-state index contributed by atoms with van der Waals surface area (Å²) in [6, 6.07) is 11.0. The van der Waals surface area contributed by atoms with E-state index >= 15 is 0 Å². The van der Waals surface area contributed by atoms with Gasteiger partial charge in [-0.1, -0.05) is 29.4 Å².